The first-order valence-electron chi connectivity index (χ1n) is 8.17. The van der Waals surface area contributed by atoms with Crippen molar-refractivity contribution in [1.29, 1.82) is 0 Å². The van der Waals surface area contributed by atoms with Crippen LogP contribution in [0.5, 0.6) is 17.2 Å². The van der Waals surface area contributed by atoms with Crippen LogP contribution in [0.2, 0.25) is 0 Å². The van der Waals surface area contributed by atoms with Gasteiger partial charge in [0.1, 0.15) is 29.4 Å². The molecule has 0 saturated carbocycles. The lowest BCUT2D eigenvalue weighted by molar-refractivity contribution is 0.0940. The quantitative estimate of drug-likeness (QED) is 0.783. The molecule has 0 bridgehead atoms. The van der Waals surface area contributed by atoms with Crippen LogP contribution in [0.25, 0.3) is 0 Å². The molecule has 2 aromatic carbocycles. The van der Waals surface area contributed by atoms with Crippen LogP contribution in [-0.2, 0) is 0 Å². The molecule has 5 heteroatoms. The maximum atomic E-state index is 12.5. The molecule has 0 aliphatic rings. The summed E-state index contributed by atoms with van der Waals surface area (Å²) in [5.41, 5.74) is 3.78. The number of hydrogen-bond acceptors (Lipinski definition) is 4. The Hall–Kier alpha value is -2.69. The Balaban J connectivity index is 1.98. The van der Waals surface area contributed by atoms with Gasteiger partial charge in [-0.3, -0.25) is 4.79 Å². The lowest BCUT2D eigenvalue weighted by atomic mass is 10.1. The van der Waals surface area contributed by atoms with E-state index in [0.717, 1.165) is 16.9 Å². The number of carbonyl (C=O) groups excluding carboxylic acids is 1. The Kier molecular flexibility index (Phi) is 6.28. The SMILES string of the molecule is COc1cccc(OC)c1C(=O)NCCOc1c(C)cc(C)cc1C. The summed E-state index contributed by atoms with van der Waals surface area (Å²) in [6.45, 7) is 6.87. The first kappa shape index (κ1) is 18.6. The lowest BCUT2D eigenvalue weighted by Crippen LogP contribution is -2.29. The van der Waals surface area contributed by atoms with Gasteiger partial charge >= 0.3 is 0 Å². The second-order valence-electron chi connectivity index (χ2n) is 5.87. The van der Waals surface area contributed by atoms with Gasteiger partial charge in [0, 0.05) is 0 Å². The van der Waals surface area contributed by atoms with E-state index < -0.39 is 0 Å². The highest BCUT2D eigenvalue weighted by Crippen LogP contribution is 2.28. The molecule has 0 atom stereocenters. The number of carbonyl (C=O) groups is 1. The molecule has 0 heterocycles. The summed E-state index contributed by atoms with van der Waals surface area (Å²) in [5.74, 6) is 1.57. The molecular formula is C20H25NO4. The zero-order valence-electron chi connectivity index (χ0n) is 15.4. The van der Waals surface area contributed by atoms with E-state index in [4.69, 9.17) is 14.2 Å². The highest BCUT2D eigenvalue weighted by Gasteiger charge is 2.17. The molecule has 0 aromatic heterocycles. The minimum absolute atomic E-state index is 0.254. The number of aryl methyl sites for hydroxylation is 3. The third kappa shape index (κ3) is 4.44. The fourth-order valence-electron chi connectivity index (χ4n) is 2.88. The van der Waals surface area contributed by atoms with E-state index in [-0.39, 0.29) is 5.91 Å². The Morgan fingerprint density at radius 1 is 1.00 bits per heavy atom. The lowest BCUT2D eigenvalue weighted by Gasteiger charge is -2.15. The highest BCUT2D eigenvalue weighted by molar-refractivity contribution is 5.99. The largest absolute Gasteiger partial charge is 0.496 e. The molecule has 0 spiro atoms. The number of nitrogens with one attached hydrogen (secondary N) is 1. The van der Waals surface area contributed by atoms with Gasteiger partial charge in [-0.1, -0.05) is 23.8 Å². The van der Waals surface area contributed by atoms with E-state index in [1.54, 1.807) is 18.2 Å². The van der Waals surface area contributed by atoms with Gasteiger partial charge in [0.25, 0.3) is 5.91 Å². The summed E-state index contributed by atoms with van der Waals surface area (Å²) in [5, 5.41) is 2.85. The summed E-state index contributed by atoms with van der Waals surface area (Å²) in [6, 6.07) is 9.40. The maximum absolute atomic E-state index is 12.5. The van der Waals surface area contributed by atoms with Gasteiger partial charge in [0.15, 0.2) is 0 Å². The zero-order chi connectivity index (χ0) is 18.4. The average Bonchev–Trinajstić information content (AvgIpc) is 2.59. The van der Waals surface area contributed by atoms with Crippen molar-refractivity contribution in [2.24, 2.45) is 0 Å². The zero-order valence-corrected chi connectivity index (χ0v) is 15.4. The van der Waals surface area contributed by atoms with Crippen LogP contribution in [0.3, 0.4) is 0 Å². The van der Waals surface area contributed by atoms with Gasteiger partial charge in [-0.05, 0) is 44.0 Å². The molecule has 5 nitrogen and oxygen atoms in total. The van der Waals surface area contributed by atoms with E-state index in [1.807, 2.05) is 13.8 Å². The minimum Gasteiger partial charge on any atom is -0.496 e. The first-order chi connectivity index (χ1) is 12.0. The number of ether oxygens (including phenoxy) is 3. The Bertz CT molecular complexity index is 710. The molecule has 2 aromatic rings. The molecule has 1 N–H and O–H groups in total. The van der Waals surface area contributed by atoms with Gasteiger partial charge in [-0.2, -0.15) is 0 Å². The van der Waals surface area contributed by atoms with E-state index in [9.17, 15) is 4.79 Å². The van der Waals surface area contributed by atoms with Crippen LogP contribution >= 0.6 is 0 Å². The van der Waals surface area contributed by atoms with Crippen molar-refractivity contribution in [3.63, 3.8) is 0 Å². The minimum atomic E-state index is -0.254. The van der Waals surface area contributed by atoms with E-state index in [0.29, 0.717) is 30.2 Å². The van der Waals surface area contributed by atoms with Gasteiger partial charge < -0.3 is 19.5 Å². The third-order valence-electron chi connectivity index (χ3n) is 3.89. The monoisotopic (exact) mass is 343 g/mol. The predicted octanol–water partition coefficient (Wildman–Crippen LogP) is 3.44. The van der Waals surface area contributed by atoms with E-state index >= 15 is 0 Å². The number of methoxy groups -OCH3 is 2. The molecule has 0 fully saturated rings. The Morgan fingerprint density at radius 3 is 2.08 bits per heavy atom. The number of benzene rings is 2. The maximum Gasteiger partial charge on any atom is 0.258 e. The second-order valence-corrected chi connectivity index (χ2v) is 5.87. The van der Waals surface area contributed by atoms with Crippen molar-refractivity contribution >= 4 is 5.91 Å². The number of hydrogen-bond donors (Lipinski definition) is 1. The van der Waals surface area contributed by atoms with Crippen molar-refractivity contribution in [1.82, 2.24) is 5.32 Å². The summed E-state index contributed by atoms with van der Waals surface area (Å²) in [4.78, 5) is 12.5. The number of amides is 1. The van der Waals surface area contributed by atoms with Crippen LogP contribution in [0.4, 0.5) is 0 Å². The molecule has 0 unspecified atom stereocenters. The Labute approximate surface area is 148 Å². The van der Waals surface area contributed by atoms with Crippen molar-refractivity contribution in [3.05, 3.63) is 52.6 Å². The molecule has 0 aliphatic carbocycles. The fourth-order valence-corrected chi connectivity index (χ4v) is 2.88. The molecule has 1 amide bonds. The highest BCUT2D eigenvalue weighted by atomic mass is 16.5. The van der Waals surface area contributed by atoms with E-state index in [1.165, 1.54) is 19.8 Å². The molecule has 0 aliphatic heterocycles. The van der Waals surface area contributed by atoms with Crippen molar-refractivity contribution < 1.29 is 19.0 Å². The third-order valence-corrected chi connectivity index (χ3v) is 3.89. The number of rotatable bonds is 7. The van der Waals surface area contributed by atoms with Crippen molar-refractivity contribution in [3.8, 4) is 17.2 Å². The topological polar surface area (TPSA) is 56.8 Å². The summed E-state index contributed by atoms with van der Waals surface area (Å²) < 4.78 is 16.4. The van der Waals surface area contributed by atoms with Gasteiger partial charge in [0.2, 0.25) is 0 Å². The van der Waals surface area contributed by atoms with Crippen LogP contribution in [0.1, 0.15) is 27.0 Å². The second kappa shape index (κ2) is 8.42. The molecule has 134 valence electrons. The van der Waals surface area contributed by atoms with Gasteiger partial charge in [-0.25, -0.2) is 0 Å². The normalized spacial score (nSPS) is 10.3. The summed E-state index contributed by atoms with van der Waals surface area (Å²) in [7, 11) is 3.05. The molecule has 2 rings (SSSR count). The first-order valence-corrected chi connectivity index (χ1v) is 8.17. The van der Waals surface area contributed by atoms with Crippen LogP contribution in [-0.4, -0.2) is 33.3 Å². The van der Waals surface area contributed by atoms with Crippen molar-refractivity contribution in [2.75, 3.05) is 27.4 Å². The standard InChI is InChI=1S/C20H25NO4/c1-13-11-14(2)19(15(3)12-13)25-10-9-21-20(22)18-16(23-4)7-6-8-17(18)24-5/h6-8,11-12H,9-10H2,1-5H3,(H,21,22). The smallest absolute Gasteiger partial charge is 0.258 e. The van der Waals surface area contributed by atoms with E-state index in [2.05, 4.69) is 24.4 Å². The fraction of sp³-hybridized carbons (Fsp3) is 0.350. The summed E-state index contributed by atoms with van der Waals surface area (Å²) >= 11 is 0. The Morgan fingerprint density at radius 2 is 1.56 bits per heavy atom. The average molecular weight is 343 g/mol. The molecular weight excluding hydrogens is 318 g/mol. The van der Waals surface area contributed by atoms with Crippen LogP contribution in [0, 0.1) is 20.8 Å². The molecule has 25 heavy (non-hydrogen) atoms. The van der Waals surface area contributed by atoms with Gasteiger partial charge in [0.05, 0.1) is 20.8 Å². The predicted molar refractivity (Wildman–Crippen MR) is 98.0 cm³/mol. The van der Waals surface area contributed by atoms with Crippen LogP contribution in [0.15, 0.2) is 30.3 Å². The van der Waals surface area contributed by atoms with Gasteiger partial charge in [-0.15, -0.1) is 0 Å². The van der Waals surface area contributed by atoms with Crippen LogP contribution < -0.4 is 19.5 Å². The van der Waals surface area contributed by atoms with Crippen molar-refractivity contribution in [2.45, 2.75) is 20.8 Å². The molecule has 0 radical (unpaired) electrons. The summed E-state index contributed by atoms with van der Waals surface area (Å²) in [6.07, 6.45) is 0. The molecule has 0 saturated heterocycles.